The predicted octanol–water partition coefficient (Wildman–Crippen LogP) is 3.50. The van der Waals surface area contributed by atoms with Crippen LogP contribution in [-0.2, 0) is 0 Å². The Labute approximate surface area is 168 Å². The van der Waals surface area contributed by atoms with Crippen LogP contribution in [-0.4, -0.2) is 48.0 Å². The van der Waals surface area contributed by atoms with Crippen molar-refractivity contribution in [1.82, 2.24) is 4.90 Å². The van der Waals surface area contributed by atoms with Gasteiger partial charge in [0.2, 0.25) is 6.79 Å². The number of amides is 1. The number of halogens is 1. The number of nitrogens with zero attached hydrogens (tertiary/aromatic N) is 1. The molecule has 1 atom stereocenters. The SMILES string of the molecule is O=C(c1ccc2c(c1)OCO2)N1CCCC(O)(COc2cccc(Cl)c2)CC1. The second-order valence-corrected chi connectivity index (χ2v) is 7.62. The highest BCUT2D eigenvalue weighted by molar-refractivity contribution is 6.30. The summed E-state index contributed by atoms with van der Waals surface area (Å²) in [6, 6.07) is 12.3. The second-order valence-electron chi connectivity index (χ2n) is 7.18. The number of rotatable bonds is 4. The lowest BCUT2D eigenvalue weighted by Gasteiger charge is -2.27. The largest absolute Gasteiger partial charge is 0.491 e. The molecule has 28 heavy (non-hydrogen) atoms. The standard InChI is InChI=1S/C21H22ClNO5/c22-16-3-1-4-17(12-16)26-13-21(25)7-2-9-23(10-8-21)20(24)15-5-6-18-19(11-15)28-14-27-18/h1,3-6,11-12,25H,2,7-10,13-14H2. The Morgan fingerprint density at radius 3 is 2.86 bits per heavy atom. The van der Waals surface area contributed by atoms with E-state index >= 15 is 0 Å². The minimum Gasteiger partial charge on any atom is -0.491 e. The molecule has 148 valence electrons. The van der Waals surface area contributed by atoms with Crippen LogP contribution < -0.4 is 14.2 Å². The summed E-state index contributed by atoms with van der Waals surface area (Å²) in [5, 5.41) is 11.5. The fourth-order valence-corrected chi connectivity index (χ4v) is 3.69. The highest BCUT2D eigenvalue weighted by atomic mass is 35.5. The summed E-state index contributed by atoms with van der Waals surface area (Å²) in [5.41, 5.74) is -0.420. The Balaban J connectivity index is 1.38. The number of fused-ring (bicyclic) bond motifs is 1. The quantitative estimate of drug-likeness (QED) is 0.846. The molecule has 1 unspecified atom stereocenters. The predicted molar refractivity (Wildman–Crippen MR) is 104 cm³/mol. The number of carbonyl (C=O) groups is 1. The molecule has 1 fully saturated rings. The first-order valence-electron chi connectivity index (χ1n) is 9.32. The molecular weight excluding hydrogens is 382 g/mol. The van der Waals surface area contributed by atoms with Crippen molar-refractivity contribution in [3.8, 4) is 17.2 Å². The third kappa shape index (κ3) is 4.18. The Bertz CT molecular complexity index is 874. The van der Waals surface area contributed by atoms with E-state index in [4.69, 9.17) is 25.8 Å². The van der Waals surface area contributed by atoms with Gasteiger partial charge in [-0.15, -0.1) is 0 Å². The summed E-state index contributed by atoms with van der Waals surface area (Å²) in [4.78, 5) is 14.7. The van der Waals surface area contributed by atoms with Crippen LogP contribution in [0, 0.1) is 0 Å². The molecule has 0 spiro atoms. The second kappa shape index (κ2) is 7.89. The lowest BCUT2D eigenvalue weighted by atomic mass is 9.96. The maximum absolute atomic E-state index is 12.9. The Hall–Kier alpha value is -2.44. The fourth-order valence-electron chi connectivity index (χ4n) is 3.51. The maximum Gasteiger partial charge on any atom is 0.253 e. The van der Waals surface area contributed by atoms with Crippen molar-refractivity contribution in [1.29, 1.82) is 0 Å². The molecule has 1 N–H and O–H groups in total. The molecule has 6 nitrogen and oxygen atoms in total. The number of hydrogen-bond donors (Lipinski definition) is 1. The van der Waals surface area contributed by atoms with E-state index in [0.717, 1.165) is 0 Å². The Morgan fingerprint density at radius 1 is 1.14 bits per heavy atom. The average Bonchev–Trinajstić information content (AvgIpc) is 3.08. The van der Waals surface area contributed by atoms with Crippen LogP contribution >= 0.6 is 11.6 Å². The third-order valence-corrected chi connectivity index (χ3v) is 5.36. The van der Waals surface area contributed by atoms with Crippen LogP contribution in [0.2, 0.25) is 5.02 Å². The van der Waals surface area contributed by atoms with Gasteiger partial charge >= 0.3 is 0 Å². The Kier molecular flexibility index (Phi) is 5.33. The van der Waals surface area contributed by atoms with Crippen LogP contribution in [0.15, 0.2) is 42.5 Å². The lowest BCUT2D eigenvalue weighted by Crippen LogP contribution is -2.38. The monoisotopic (exact) mass is 403 g/mol. The number of carbonyl (C=O) groups excluding carboxylic acids is 1. The molecule has 1 saturated heterocycles. The van der Waals surface area contributed by atoms with Gasteiger partial charge in [-0.25, -0.2) is 0 Å². The van der Waals surface area contributed by atoms with E-state index in [2.05, 4.69) is 0 Å². The molecule has 0 bridgehead atoms. The maximum atomic E-state index is 12.9. The highest BCUT2D eigenvalue weighted by Crippen LogP contribution is 2.33. The van der Waals surface area contributed by atoms with E-state index in [-0.39, 0.29) is 19.3 Å². The zero-order valence-corrected chi connectivity index (χ0v) is 16.2. The van der Waals surface area contributed by atoms with E-state index in [1.165, 1.54) is 0 Å². The fraction of sp³-hybridized carbons (Fsp3) is 0.381. The molecule has 4 rings (SSSR count). The van der Waals surface area contributed by atoms with Crippen LogP contribution in [0.3, 0.4) is 0 Å². The van der Waals surface area contributed by atoms with Crippen molar-refractivity contribution < 1.29 is 24.1 Å². The number of aliphatic hydroxyl groups is 1. The molecule has 2 aromatic rings. The summed E-state index contributed by atoms with van der Waals surface area (Å²) >= 11 is 5.97. The molecule has 2 heterocycles. The highest BCUT2D eigenvalue weighted by Gasteiger charge is 2.33. The third-order valence-electron chi connectivity index (χ3n) is 5.13. The molecule has 0 radical (unpaired) electrons. The van der Waals surface area contributed by atoms with Gasteiger partial charge in [-0.3, -0.25) is 4.79 Å². The van der Waals surface area contributed by atoms with E-state index in [0.29, 0.717) is 60.2 Å². The summed E-state index contributed by atoms with van der Waals surface area (Å²) < 4.78 is 16.4. The number of benzene rings is 2. The molecule has 2 aliphatic heterocycles. The summed E-state index contributed by atoms with van der Waals surface area (Å²) in [7, 11) is 0. The van der Waals surface area contributed by atoms with E-state index in [9.17, 15) is 9.90 Å². The minimum atomic E-state index is -0.980. The first kappa shape index (κ1) is 18.9. The van der Waals surface area contributed by atoms with Gasteiger partial charge in [0, 0.05) is 23.7 Å². The van der Waals surface area contributed by atoms with Crippen molar-refractivity contribution in [2.75, 3.05) is 26.5 Å². The van der Waals surface area contributed by atoms with Gasteiger partial charge in [0.05, 0.1) is 0 Å². The summed E-state index contributed by atoms with van der Waals surface area (Å²) in [6.07, 6.45) is 1.72. The minimum absolute atomic E-state index is 0.0710. The first-order valence-corrected chi connectivity index (χ1v) is 9.70. The van der Waals surface area contributed by atoms with Crippen molar-refractivity contribution in [3.05, 3.63) is 53.1 Å². The van der Waals surface area contributed by atoms with Crippen LogP contribution in [0.25, 0.3) is 0 Å². The number of likely N-dealkylation sites (tertiary alicyclic amines) is 1. The van der Waals surface area contributed by atoms with Gasteiger partial charge in [0.25, 0.3) is 5.91 Å². The van der Waals surface area contributed by atoms with Gasteiger partial charge < -0.3 is 24.2 Å². The zero-order valence-electron chi connectivity index (χ0n) is 15.4. The molecule has 1 amide bonds. The number of ether oxygens (including phenoxy) is 3. The molecule has 2 aromatic carbocycles. The summed E-state index contributed by atoms with van der Waals surface area (Å²) in [5.74, 6) is 1.80. The molecule has 0 aliphatic carbocycles. The normalized spacial score (nSPS) is 21.3. The zero-order chi connectivity index (χ0) is 19.6. The van der Waals surface area contributed by atoms with E-state index in [1.54, 1.807) is 47.4 Å². The van der Waals surface area contributed by atoms with E-state index < -0.39 is 5.60 Å². The van der Waals surface area contributed by atoms with Crippen molar-refractivity contribution in [2.24, 2.45) is 0 Å². The average molecular weight is 404 g/mol. The lowest BCUT2D eigenvalue weighted by molar-refractivity contribution is -0.0163. The van der Waals surface area contributed by atoms with Gasteiger partial charge in [0.15, 0.2) is 11.5 Å². The van der Waals surface area contributed by atoms with Gasteiger partial charge in [0.1, 0.15) is 18.0 Å². The summed E-state index contributed by atoms with van der Waals surface area (Å²) in [6.45, 7) is 1.39. The smallest absolute Gasteiger partial charge is 0.253 e. The van der Waals surface area contributed by atoms with E-state index in [1.807, 2.05) is 0 Å². The first-order chi connectivity index (χ1) is 13.5. The van der Waals surface area contributed by atoms with Gasteiger partial charge in [-0.1, -0.05) is 17.7 Å². The van der Waals surface area contributed by atoms with Crippen molar-refractivity contribution in [3.63, 3.8) is 0 Å². The van der Waals surface area contributed by atoms with Crippen LogP contribution in [0.4, 0.5) is 0 Å². The molecule has 7 heteroatoms. The van der Waals surface area contributed by atoms with Crippen LogP contribution in [0.1, 0.15) is 29.6 Å². The van der Waals surface area contributed by atoms with Gasteiger partial charge in [-0.05, 0) is 55.7 Å². The Morgan fingerprint density at radius 2 is 2.00 bits per heavy atom. The molecule has 0 saturated carbocycles. The van der Waals surface area contributed by atoms with Crippen molar-refractivity contribution >= 4 is 17.5 Å². The van der Waals surface area contributed by atoms with Gasteiger partial charge in [-0.2, -0.15) is 0 Å². The molecule has 0 aromatic heterocycles. The van der Waals surface area contributed by atoms with Crippen LogP contribution in [0.5, 0.6) is 17.2 Å². The molecule has 2 aliphatic rings. The topological polar surface area (TPSA) is 68.2 Å². The number of hydrogen-bond acceptors (Lipinski definition) is 5. The molecular formula is C21H22ClNO5. The van der Waals surface area contributed by atoms with Crippen molar-refractivity contribution in [2.45, 2.75) is 24.9 Å².